The molecule has 1 atom stereocenters. The molecule has 3 rings (SSSR count). The molecule has 0 bridgehead atoms. The van der Waals surface area contributed by atoms with Crippen LogP contribution in [-0.4, -0.2) is 11.2 Å². The van der Waals surface area contributed by atoms with Crippen LogP contribution in [0.3, 0.4) is 0 Å². The normalized spacial score (nSPS) is 23.0. The minimum absolute atomic E-state index is 0.436. The number of rotatable bonds is 0. The molecule has 0 aliphatic carbocycles. The number of nitrogens with zero attached hydrogens (tertiary/aromatic N) is 2. The fourth-order valence-corrected chi connectivity index (χ4v) is 2.19. The van der Waals surface area contributed by atoms with Gasteiger partial charge in [0, 0.05) is 0 Å². The second kappa shape index (κ2) is 2.44. The highest BCUT2D eigenvalue weighted by Crippen LogP contribution is 2.39. The highest BCUT2D eigenvalue weighted by atomic mass is 15.8. The fraction of sp³-hybridized carbons (Fsp3) is 0.273. The van der Waals surface area contributed by atoms with Crippen molar-refractivity contribution in [3.05, 3.63) is 36.0 Å². The number of benzene rings is 1. The van der Waals surface area contributed by atoms with Crippen LogP contribution in [0.5, 0.6) is 0 Å². The van der Waals surface area contributed by atoms with Gasteiger partial charge in [-0.2, -0.15) is 5.12 Å². The summed E-state index contributed by atoms with van der Waals surface area (Å²) in [5.74, 6) is 0. The molecule has 3 heteroatoms. The molecule has 0 saturated heterocycles. The van der Waals surface area contributed by atoms with Crippen LogP contribution in [-0.2, 0) is 0 Å². The standard InChI is InChI=1S/C11H13N3/c1-8-7-9(2)14-12-10-5-3-4-6-11(10)13(8)14/h3-8,12H,1-2H3. The average molecular weight is 187 g/mol. The molecule has 14 heavy (non-hydrogen) atoms. The molecule has 0 spiro atoms. The molecule has 1 N–H and O–H groups in total. The van der Waals surface area contributed by atoms with E-state index in [1.807, 2.05) is 0 Å². The van der Waals surface area contributed by atoms with Crippen molar-refractivity contribution in [1.29, 1.82) is 0 Å². The Kier molecular flexibility index (Phi) is 1.35. The van der Waals surface area contributed by atoms with Crippen LogP contribution >= 0.6 is 0 Å². The number of hydrogen-bond acceptors (Lipinski definition) is 3. The summed E-state index contributed by atoms with van der Waals surface area (Å²) in [6.45, 7) is 4.32. The number of hydrogen-bond donors (Lipinski definition) is 1. The maximum atomic E-state index is 3.37. The third-order valence-corrected chi connectivity index (χ3v) is 2.79. The lowest BCUT2D eigenvalue weighted by molar-refractivity contribution is 0.413. The summed E-state index contributed by atoms with van der Waals surface area (Å²) < 4.78 is 0. The SMILES string of the molecule is CC1=CC(C)N2c3ccccc3NN12. The Morgan fingerprint density at radius 2 is 2.07 bits per heavy atom. The van der Waals surface area contributed by atoms with Crippen molar-refractivity contribution in [1.82, 2.24) is 5.12 Å². The highest BCUT2D eigenvalue weighted by molar-refractivity contribution is 5.75. The molecule has 0 fully saturated rings. The van der Waals surface area contributed by atoms with E-state index in [-0.39, 0.29) is 0 Å². The summed E-state index contributed by atoms with van der Waals surface area (Å²) in [4.78, 5) is 0. The second-order valence-corrected chi connectivity index (χ2v) is 3.83. The first kappa shape index (κ1) is 7.74. The van der Waals surface area contributed by atoms with E-state index in [2.05, 4.69) is 59.7 Å². The lowest BCUT2D eigenvalue weighted by atomic mass is 10.2. The van der Waals surface area contributed by atoms with Gasteiger partial charge in [0.05, 0.1) is 23.1 Å². The van der Waals surface area contributed by atoms with Gasteiger partial charge in [0.25, 0.3) is 0 Å². The highest BCUT2D eigenvalue weighted by Gasteiger charge is 2.34. The van der Waals surface area contributed by atoms with E-state index < -0.39 is 0 Å². The number of hydrazine groups is 2. The third kappa shape index (κ3) is 0.816. The number of allylic oxidation sites excluding steroid dienone is 1. The Morgan fingerprint density at radius 1 is 1.29 bits per heavy atom. The van der Waals surface area contributed by atoms with Gasteiger partial charge in [0.15, 0.2) is 0 Å². The zero-order chi connectivity index (χ0) is 9.71. The number of anilines is 2. The van der Waals surface area contributed by atoms with Crippen molar-refractivity contribution in [2.45, 2.75) is 19.9 Å². The summed E-state index contributed by atoms with van der Waals surface area (Å²) >= 11 is 0. The van der Waals surface area contributed by atoms with Gasteiger partial charge in [-0.25, -0.2) is 0 Å². The van der Waals surface area contributed by atoms with Crippen molar-refractivity contribution in [3.8, 4) is 0 Å². The van der Waals surface area contributed by atoms with Crippen LogP contribution < -0.4 is 10.4 Å². The number of fused-ring (bicyclic) bond motifs is 3. The summed E-state index contributed by atoms with van der Waals surface area (Å²) in [5, 5.41) is 4.38. The van der Waals surface area contributed by atoms with E-state index in [1.165, 1.54) is 17.1 Å². The molecule has 1 aromatic carbocycles. The summed E-state index contributed by atoms with van der Waals surface area (Å²) in [5.41, 5.74) is 7.07. The van der Waals surface area contributed by atoms with Gasteiger partial charge in [0.1, 0.15) is 0 Å². The fourth-order valence-electron chi connectivity index (χ4n) is 2.19. The van der Waals surface area contributed by atoms with Crippen LogP contribution in [0, 0.1) is 0 Å². The van der Waals surface area contributed by atoms with E-state index in [4.69, 9.17) is 0 Å². The van der Waals surface area contributed by atoms with Gasteiger partial charge in [0.2, 0.25) is 0 Å². The maximum Gasteiger partial charge on any atom is 0.0850 e. The monoisotopic (exact) mass is 187 g/mol. The van der Waals surface area contributed by atoms with Crippen molar-refractivity contribution in [2.24, 2.45) is 0 Å². The number of nitrogens with one attached hydrogen (secondary N) is 1. The van der Waals surface area contributed by atoms with Gasteiger partial charge < -0.3 is 0 Å². The Hall–Kier alpha value is -1.64. The Morgan fingerprint density at radius 3 is 2.93 bits per heavy atom. The van der Waals surface area contributed by atoms with Gasteiger partial charge in [-0.1, -0.05) is 12.1 Å². The first-order valence-corrected chi connectivity index (χ1v) is 4.91. The van der Waals surface area contributed by atoms with Crippen molar-refractivity contribution in [3.63, 3.8) is 0 Å². The Labute approximate surface area is 83.6 Å². The zero-order valence-electron chi connectivity index (χ0n) is 8.36. The van der Waals surface area contributed by atoms with Gasteiger partial charge in [-0.15, -0.1) is 0 Å². The van der Waals surface area contributed by atoms with Crippen LogP contribution in [0.4, 0.5) is 11.4 Å². The molecule has 3 nitrogen and oxygen atoms in total. The van der Waals surface area contributed by atoms with E-state index >= 15 is 0 Å². The first-order valence-electron chi connectivity index (χ1n) is 4.91. The molecule has 0 radical (unpaired) electrons. The second-order valence-electron chi connectivity index (χ2n) is 3.83. The van der Waals surface area contributed by atoms with E-state index in [9.17, 15) is 0 Å². The predicted octanol–water partition coefficient (Wildman–Crippen LogP) is 2.36. The zero-order valence-corrected chi connectivity index (χ0v) is 8.36. The Balaban J connectivity index is 2.10. The molecular weight excluding hydrogens is 174 g/mol. The van der Waals surface area contributed by atoms with E-state index in [1.54, 1.807) is 0 Å². The molecule has 0 amide bonds. The molecule has 72 valence electrons. The van der Waals surface area contributed by atoms with Crippen LogP contribution in [0.15, 0.2) is 36.0 Å². The lowest BCUT2D eigenvalue weighted by Gasteiger charge is -2.27. The molecule has 1 unspecified atom stereocenters. The third-order valence-electron chi connectivity index (χ3n) is 2.79. The Bertz CT molecular complexity index is 411. The van der Waals surface area contributed by atoms with E-state index in [0.717, 1.165) is 0 Å². The average Bonchev–Trinajstić information content (AvgIpc) is 2.66. The molecule has 2 heterocycles. The summed E-state index contributed by atoms with van der Waals surface area (Å²) in [7, 11) is 0. The number of para-hydroxylation sites is 2. The first-order chi connectivity index (χ1) is 6.77. The van der Waals surface area contributed by atoms with Crippen LogP contribution in [0.25, 0.3) is 0 Å². The molecular formula is C11H13N3. The minimum Gasteiger partial charge on any atom is -0.278 e. The predicted molar refractivity (Wildman–Crippen MR) is 57.6 cm³/mol. The van der Waals surface area contributed by atoms with Gasteiger partial charge in [-0.3, -0.25) is 10.4 Å². The largest absolute Gasteiger partial charge is 0.278 e. The topological polar surface area (TPSA) is 18.5 Å². The lowest BCUT2D eigenvalue weighted by Crippen LogP contribution is -2.39. The van der Waals surface area contributed by atoms with Crippen molar-refractivity contribution in [2.75, 3.05) is 10.4 Å². The summed E-state index contributed by atoms with van der Waals surface area (Å²) in [6.07, 6.45) is 2.25. The molecule has 0 saturated carbocycles. The van der Waals surface area contributed by atoms with Crippen LogP contribution in [0.2, 0.25) is 0 Å². The quantitative estimate of drug-likeness (QED) is 0.672. The van der Waals surface area contributed by atoms with E-state index in [0.29, 0.717) is 6.04 Å². The smallest absolute Gasteiger partial charge is 0.0850 e. The molecule has 1 aromatic rings. The van der Waals surface area contributed by atoms with Gasteiger partial charge in [-0.05, 0) is 32.1 Å². The molecule has 0 aromatic heterocycles. The van der Waals surface area contributed by atoms with Crippen molar-refractivity contribution < 1.29 is 0 Å². The van der Waals surface area contributed by atoms with Gasteiger partial charge >= 0.3 is 0 Å². The van der Waals surface area contributed by atoms with Crippen LogP contribution in [0.1, 0.15) is 13.8 Å². The van der Waals surface area contributed by atoms with Crippen molar-refractivity contribution >= 4 is 11.4 Å². The maximum absolute atomic E-state index is 3.37. The minimum atomic E-state index is 0.436. The molecule has 2 aliphatic rings. The summed E-state index contributed by atoms with van der Waals surface area (Å²) in [6, 6.07) is 8.81. The molecule has 2 aliphatic heterocycles.